The maximum Gasteiger partial charge on any atom is 0.305 e. The zero-order chi connectivity index (χ0) is 18.4. The van der Waals surface area contributed by atoms with Crippen LogP contribution in [0.25, 0.3) is 0 Å². The van der Waals surface area contributed by atoms with Crippen LogP contribution in [-0.4, -0.2) is 24.9 Å². The molecule has 4 nitrogen and oxygen atoms in total. The zero-order valence-electron chi connectivity index (χ0n) is 15.2. The van der Waals surface area contributed by atoms with Gasteiger partial charge in [-0.05, 0) is 54.5 Å². The molecule has 1 aromatic carbocycles. The second-order valence-corrected chi connectivity index (χ2v) is 8.75. The van der Waals surface area contributed by atoms with Crippen molar-refractivity contribution in [2.45, 2.75) is 48.2 Å². The summed E-state index contributed by atoms with van der Waals surface area (Å²) in [6.07, 6.45) is 2.39. The number of benzene rings is 1. The maximum atomic E-state index is 11.7. The Bertz CT molecular complexity index is 714. The van der Waals surface area contributed by atoms with Gasteiger partial charge in [-0.3, -0.25) is 4.79 Å². The smallest absolute Gasteiger partial charge is 0.305 e. The first kappa shape index (κ1) is 19.3. The van der Waals surface area contributed by atoms with Crippen LogP contribution in [0.1, 0.15) is 43.4 Å². The van der Waals surface area contributed by atoms with Gasteiger partial charge in [0.25, 0.3) is 0 Å². The molecule has 2 atom stereocenters. The third kappa shape index (κ3) is 5.02. The summed E-state index contributed by atoms with van der Waals surface area (Å²) in [6.45, 7) is 3.13. The third-order valence-electron chi connectivity index (χ3n) is 4.49. The quantitative estimate of drug-likeness (QED) is 0.655. The molecule has 0 bridgehead atoms. The first-order chi connectivity index (χ1) is 12.7. The summed E-state index contributed by atoms with van der Waals surface area (Å²) >= 11 is 3.70. The number of hydrogen-bond donors (Lipinski definition) is 1. The van der Waals surface area contributed by atoms with Gasteiger partial charge in [-0.25, -0.2) is 0 Å². The van der Waals surface area contributed by atoms with E-state index in [-0.39, 0.29) is 5.97 Å². The van der Waals surface area contributed by atoms with Crippen LogP contribution in [0.2, 0.25) is 0 Å². The molecule has 0 radical (unpaired) electrons. The summed E-state index contributed by atoms with van der Waals surface area (Å²) < 4.78 is 11.7. The average molecular weight is 392 g/mol. The molecule has 26 heavy (non-hydrogen) atoms. The van der Waals surface area contributed by atoms with Gasteiger partial charge in [0.1, 0.15) is 5.75 Å². The zero-order valence-corrected chi connectivity index (χ0v) is 16.8. The van der Waals surface area contributed by atoms with Crippen molar-refractivity contribution in [2.24, 2.45) is 0 Å². The third-order valence-corrected chi connectivity index (χ3v) is 7.00. The second-order valence-electron chi connectivity index (χ2n) is 6.26. The fraction of sp³-hybridized carbons (Fsp3) is 0.450. The van der Waals surface area contributed by atoms with E-state index >= 15 is 0 Å². The number of thioether (sulfide) groups is 1. The molecule has 6 heteroatoms. The number of carbonyl (C=O) groups is 1. The lowest BCUT2D eigenvalue weighted by molar-refractivity contribution is -0.143. The summed E-state index contributed by atoms with van der Waals surface area (Å²) in [6, 6.07) is 10.7. The Morgan fingerprint density at radius 3 is 2.81 bits per heavy atom. The lowest BCUT2D eigenvalue weighted by Gasteiger charge is -2.29. The highest BCUT2D eigenvalue weighted by Gasteiger charge is 2.28. The number of esters is 1. The Kier molecular flexibility index (Phi) is 7.00. The monoisotopic (exact) mass is 391 g/mol. The van der Waals surface area contributed by atoms with Gasteiger partial charge in [0.15, 0.2) is 0 Å². The van der Waals surface area contributed by atoms with Gasteiger partial charge in [-0.2, -0.15) is 0 Å². The van der Waals surface area contributed by atoms with E-state index in [0.717, 1.165) is 25.1 Å². The molecule has 0 fully saturated rings. The molecule has 3 rings (SSSR count). The molecule has 1 aliphatic heterocycles. The van der Waals surface area contributed by atoms with Gasteiger partial charge in [0.2, 0.25) is 0 Å². The van der Waals surface area contributed by atoms with Crippen molar-refractivity contribution in [3.63, 3.8) is 0 Å². The van der Waals surface area contributed by atoms with Gasteiger partial charge in [-0.1, -0.05) is 12.1 Å². The topological polar surface area (TPSA) is 47.6 Å². The van der Waals surface area contributed by atoms with Crippen molar-refractivity contribution in [2.75, 3.05) is 13.7 Å². The van der Waals surface area contributed by atoms with Crippen molar-refractivity contribution in [3.8, 4) is 5.75 Å². The lowest BCUT2D eigenvalue weighted by atomic mass is 10.0. The van der Waals surface area contributed by atoms with Gasteiger partial charge >= 0.3 is 5.97 Å². The summed E-state index contributed by atoms with van der Waals surface area (Å²) in [7, 11) is 1.68. The van der Waals surface area contributed by atoms with Gasteiger partial charge in [0, 0.05) is 24.3 Å². The van der Waals surface area contributed by atoms with Crippen molar-refractivity contribution in [3.05, 3.63) is 46.8 Å². The molecule has 0 saturated heterocycles. The summed E-state index contributed by atoms with van der Waals surface area (Å²) in [5, 5.41) is 6.30. The molecular weight excluding hydrogens is 366 g/mol. The minimum Gasteiger partial charge on any atom is -0.497 e. The first-order valence-corrected chi connectivity index (χ1v) is 10.7. The van der Waals surface area contributed by atoms with Crippen LogP contribution in [0.15, 0.2) is 39.9 Å². The highest BCUT2D eigenvalue weighted by molar-refractivity contribution is 8.01. The number of nitrogens with one attached hydrogen (secondary N) is 1. The molecule has 0 saturated carbocycles. The molecule has 0 aliphatic carbocycles. The number of ether oxygens (including phenoxy) is 2. The highest BCUT2D eigenvalue weighted by Crippen LogP contribution is 2.45. The molecule has 1 N–H and O–H groups in total. The van der Waals surface area contributed by atoms with Crippen molar-refractivity contribution in [1.29, 1.82) is 0 Å². The van der Waals surface area contributed by atoms with Crippen LogP contribution in [0.5, 0.6) is 5.75 Å². The van der Waals surface area contributed by atoms with Crippen LogP contribution >= 0.6 is 23.1 Å². The number of methoxy groups -OCH3 is 1. The van der Waals surface area contributed by atoms with Crippen molar-refractivity contribution >= 4 is 29.1 Å². The van der Waals surface area contributed by atoms with E-state index in [0.29, 0.717) is 24.3 Å². The predicted molar refractivity (Wildman–Crippen MR) is 107 cm³/mol. The van der Waals surface area contributed by atoms with E-state index in [1.807, 2.05) is 30.8 Å². The molecular formula is C20H25NO3S2. The first-order valence-electron chi connectivity index (χ1n) is 8.95. The number of rotatable bonds is 8. The Morgan fingerprint density at radius 2 is 2.08 bits per heavy atom. The Hall–Kier alpha value is -1.50. The van der Waals surface area contributed by atoms with E-state index < -0.39 is 0 Å². The van der Waals surface area contributed by atoms with Crippen LogP contribution in [-0.2, 0) is 16.1 Å². The number of carbonyl (C=O) groups excluding carboxylic acids is 1. The Morgan fingerprint density at radius 1 is 1.27 bits per heavy atom. The van der Waals surface area contributed by atoms with Crippen molar-refractivity contribution in [1.82, 2.24) is 5.32 Å². The molecule has 1 aliphatic rings. The van der Waals surface area contributed by atoms with Crippen LogP contribution in [0.4, 0.5) is 0 Å². The molecule has 0 spiro atoms. The van der Waals surface area contributed by atoms with E-state index in [1.165, 1.54) is 15.3 Å². The number of thiophene rings is 1. The van der Waals surface area contributed by atoms with E-state index in [9.17, 15) is 4.79 Å². The average Bonchev–Trinajstić information content (AvgIpc) is 3.14. The summed E-state index contributed by atoms with van der Waals surface area (Å²) in [5.41, 5.74) is 2.63. The van der Waals surface area contributed by atoms with Crippen LogP contribution in [0, 0.1) is 0 Å². The standard InChI is InChI=1S/C20H25NO3S2/c1-3-24-19(22)9-8-16-12-18(17-10-11-25-20(17)26-16)21-13-14-4-6-15(23-2)7-5-14/h4-7,10-11,16,18,21H,3,8-9,12-13H2,1-2H3/t16-,18+/m1/s1. The fourth-order valence-corrected chi connectivity index (χ4v) is 5.77. The minimum absolute atomic E-state index is 0.0900. The van der Waals surface area contributed by atoms with Gasteiger partial charge < -0.3 is 14.8 Å². The van der Waals surface area contributed by atoms with Gasteiger partial charge in [0.05, 0.1) is 17.9 Å². The molecule has 0 amide bonds. The largest absolute Gasteiger partial charge is 0.497 e. The summed E-state index contributed by atoms with van der Waals surface area (Å²) in [4.78, 5) is 11.7. The van der Waals surface area contributed by atoms with Crippen LogP contribution in [0.3, 0.4) is 0 Å². The number of fused-ring (bicyclic) bond motifs is 1. The normalized spacial score (nSPS) is 19.0. The van der Waals surface area contributed by atoms with Gasteiger partial charge in [-0.15, -0.1) is 23.1 Å². The van der Waals surface area contributed by atoms with E-state index in [4.69, 9.17) is 9.47 Å². The van der Waals surface area contributed by atoms with E-state index in [2.05, 4.69) is 28.9 Å². The minimum atomic E-state index is -0.0900. The SMILES string of the molecule is CCOC(=O)CC[C@@H]1C[C@H](NCc2ccc(OC)cc2)c2ccsc2S1. The van der Waals surface area contributed by atoms with E-state index in [1.54, 1.807) is 18.4 Å². The number of hydrogen-bond acceptors (Lipinski definition) is 6. The Balaban J connectivity index is 1.59. The Labute approximate surface area is 163 Å². The van der Waals surface area contributed by atoms with Crippen LogP contribution < -0.4 is 10.1 Å². The summed E-state index contributed by atoms with van der Waals surface area (Å²) in [5.74, 6) is 0.787. The van der Waals surface area contributed by atoms with Crippen molar-refractivity contribution < 1.29 is 14.3 Å². The molecule has 2 aromatic rings. The lowest BCUT2D eigenvalue weighted by Crippen LogP contribution is -2.27. The maximum absolute atomic E-state index is 11.7. The second kappa shape index (κ2) is 9.44. The molecule has 1 aromatic heterocycles. The predicted octanol–water partition coefficient (Wildman–Crippen LogP) is 4.80. The molecule has 0 unspecified atom stereocenters. The molecule has 140 valence electrons. The molecule has 2 heterocycles. The highest BCUT2D eigenvalue weighted by atomic mass is 32.2. The fourth-order valence-electron chi connectivity index (χ4n) is 3.12.